The molecule has 186 valence electrons. The number of hydrogen-bond acceptors (Lipinski definition) is 5. The van der Waals surface area contributed by atoms with E-state index in [1.807, 2.05) is 35.9 Å². The Hall–Kier alpha value is -3.94. The van der Waals surface area contributed by atoms with Crippen LogP contribution in [0.25, 0.3) is 11.8 Å². The number of aliphatic imine (C=N–C) groups is 1. The molecule has 1 amide bonds. The predicted molar refractivity (Wildman–Crippen MR) is 137 cm³/mol. The monoisotopic (exact) mass is 487 g/mol. The van der Waals surface area contributed by atoms with E-state index in [-0.39, 0.29) is 17.8 Å². The number of aromatic nitrogens is 2. The number of ether oxygens (including phenoxy) is 1. The van der Waals surface area contributed by atoms with Crippen molar-refractivity contribution < 1.29 is 13.9 Å². The second kappa shape index (κ2) is 9.97. The highest BCUT2D eigenvalue weighted by atomic mass is 19.1. The minimum atomic E-state index is -0.287. The molecule has 0 N–H and O–H groups in total. The molecule has 1 saturated heterocycles. The van der Waals surface area contributed by atoms with Gasteiger partial charge in [0.05, 0.1) is 30.9 Å². The van der Waals surface area contributed by atoms with Crippen LogP contribution in [0.15, 0.2) is 65.7 Å². The van der Waals surface area contributed by atoms with Crippen LogP contribution in [0.3, 0.4) is 0 Å². The summed E-state index contributed by atoms with van der Waals surface area (Å²) in [5.41, 5.74) is 3.89. The number of carbonyl (C=O) groups excluding carboxylic acids is 1. The molecule has 5 rings (SSSR count). The molecule has 1 fully saturated rings. The van der Waals surface area contributed by atoms with Crippen molar-refractivity contribution in [2.45, 2.75) is 39.2 Å². The van der Waals surface area contributed by atoms with Crippen molar-refractivity contribution >= 4 is 17.9 Å². The molecule has 0 saturated carbocycles. The van der Waals surface area contributed by atoms with Gasteiger partial charge in [-0.1, -0.05) is 31.5 Å². The topological polar surface area (TPSA) is 63.0 Å². The van der Waals surface area contributed by atoms with Gasteiger partial charge in [-0.15, -0.1) is 0 Å². The average Bonchev–Trinajstić information content (AvgIpc) is 3.46. The van der Waals surface area contributed by atoms with Crippen LogP contribution >= 0.6 is 0 Å². The van der Waals surface area contributed by atoms with E-state index in [9.17, 15) is 9.18 Å². The zero-order chi connectivity index (χ0) is 25.2. The Labute approximate surface area is 210 Å². The fourth-order valence-corrected chi connectivity index (χ4v) is 4.80. The lowest BCUT2D eigenvalue weighted by Crippen LogP contribution is -2.51. The van der Waals surface area contributed by atoms with Gasteiger partial charge in [-0.2, -0.15) is 0 Å². The third kappa shape index (κ3) is 4.51. The number of rotatable bonds is 7. The van der Waals surface area contributed by atoms with Gasteiger partial charge in [0, 0.05) is 19.3 Å². The Morgan fingerprint density at radius 3 is 2.69 bits per heavy atom. The molecule has 2 aliphatic heterocycles. The van der Waals surface area contributed by atoms with Crippen LogP contribution in [0.1, 0.15) is 49.0 Å². The number of unbranched alkanes of at least 4 members (excludes halogenated alkanes) is 1. The standard InChI is InChI=1S/C28H30FN5O2/c1-4-5-13-32-14-12-24(21-7-9-22(29)10-8-21)34-27(35)23(31-28(32)34)15-20-6-11-25(26(16-20)36-3)33-17-19(2)30-18-33/h6-11,15-18,24H,4-5,12-14H2,1-3H3/b23-15-/t24-/m1/s1. The van der Waals surface area contributed by atoms with E-state index in [0.717, 1.165) is 54.9 Å². The summed E-state index contributed by atoms with van der Waals surface area (Å²) in [6.07, 6.45) is 8.33. The Balaban J connectivity index is 1.49. The predicted octanol–water partition coefficient (Wildman–Crippen LogP) is 5.11. The fraction of sp³-hybridized carbons (Fsp3) is 0.321. The first-order chi connectivity index (χ1) is 17.5. The van der Waals surface area contributed by atoms with Crippen molar-refractivity contribution in [2.75, 3.05) is 20.2 Å². The molecule has 3 heterocycles. The van der Waals surface area contributed by atoms with Gasteiger partial charge in [-0.25, -0.2) is 14.4 Å². The van der Waals surface area contributed by atoms with Crippen LogP contribution in [-0.4, -0.2) is 51.4 Å². The number of guanidine groups is 1. The van der Waals surface area contributed by atoms with Crippen molar-refractivity contribution in [2.24, 2.45) is 4.99 Å². The lowest BCUT2D eigenvalue weighted by Gasteiger charge is -2.40. The molecule has 0 bridgehead atoms. The molecule has 2 aromatic carbocycles. The van der Waals surface area contributed by atoms with Gasteiger partial charge in [0.15, 0.2) is 0 Å². The molecule has 1 aromatic heterocycles. The molecule has 7 nitrogen and oxygen atoms in total. The number of aryl methyl sites for hydroxylation is 1. The van der Waals surface area contributed by atoms with Gasteiger partial charge in [0.2, 0.25) is 5.96 Å². The summed E-state index contributed by atoms with van der Waals surface area (Å²) in [5.74, 6) is 0.919. The first kappa shape index (κ1) is 23.8. The van der Waals surface area contributed by atoms with Crippen molar-refractivity contribution in [3.8, 4) is 11.4 Å². The van der Waals surface area contributed by atoms with E-state index in [0.29, 0.717) is 17.4 Å². The number of benzene rings is 2. The SMILES string of the molecule is CCCCN1CC[C@H](c2ccc(F)cc2)N2C(=O)/C(=C/c3ccc(-n4cnc(C)c4)c(OC)c3)N=C12. The molecule has 3 aromatic rings. The maximum absolute atomic E-state index is 13.7. The first-order valence-electron chi connectivity index (χ1n) is 12.3. The van der Waals surface area contributed by atoms with E-state index in [1.54, 1.807) is 36.5 Å². The molecule has 0 radical (unpaired) electrons. The zero-order valence-corrected chi connectivity index (χ0v) is 20.8. The van der Waals surface area contributed by atoms with Crippen LogP contribution < -0.4 is 4.74 Å². The maximum Gasteiger partial charge on any atom is 0.279 e. The van der Waals surface area contributed by atoms with Gasteiger partial charge in [-0.3, -0.25) is 9.69 Å². The summed E-state index contributed by atoms with van der Waals surface area (Å²) in [7, 11) is 1.62. The number of methoxy groups -OCH3 is 1. The molecule has 2 aliphatic rings. The van der Waals surface area contributed by atoms with Crippen molar-refractivity contribution in [3.05, 3.63) is 83.3 Å². The molecule has 36 heavy (non-hydrogen) atoms. The lowest BCUT2D eigenvalue weighted by atomic mass is 9.99. The van der Waals surface area contributed by atoms with E-state index >= 15 is 0 Å². The fourth-order valence-electron chi connectivity index (χ4n) is 4.80. The van der Waals surface area contributed by atoms with E-state index in [1.165, 1.54) is 12.1 Å². The second-order valence-electron chi connectivity index (χ2n) is 9.17. The van der Waals surface area contributed by atoms with E-state index in [2.05, 4.69) is 16.8 Å². The number of halogens is 1. The van der Waals surface area contributed by atoms with Gasteiger partial charge in [0.1, 0.15) is 17.3 Å². The number of nitrogens with zero attached hydrogens (tertiary/aromatic N) is 5. The molecule has 1 atom stereocenters. The largest absolute Gasteiger partial charge is 0.495 e. The molecular formula is C28H30FN5O2. The van der Waals surface area contributed by atoms with Gasteiger partial charge in [0.25, 0.3) is 5.91 Å². The first-order valence-corrected chi connectivity index (χ1v) is 12.3. The summed E-state index contributed by atoms with van der Waals surface area (Å²) >= 11 is 0. The smallest absolute Gasteiger partial charge is 0.279 e. The highest BCUT2D eigenvalue weighted by Gasteiger charge is 2.42. The van der Waals surface area contributed by atoms with Crippen molar-refractivity contribution in [1.29, 1.82) is 0 Å². The summed E-state index contributed by atoms with van der Waals surface area (Å²) in [5, 5.41) is 0. The lowest BCUT2D eigenvalue weighted by molar-refractivity contribution is -0.125. The Morgan fingerprint density at radius 1 is 1.19 bits per heavy atom. The van der Waals surface area contributed by atoms with Crippen molar-refractivity contribution in [3.63, 3.8) is 0 Å². The van der Waals surface area contributed by atoms with Crippen molar-refractivity contribution in [1.82, 2.24) is 19.4 Å². The normalized spacial score (nSPS) is 18.6. The molecule has 0 aliphatic carbocycles. The van der Waals surface area contributed by atoms with E-state index < -0.39 is 0 Å². The van der Waals surface area contributed by atoms with Crippen LogP contribution in [-0.2, 0) is 4.79 Å². The highest BCUT2D eigenvalue weighted by Crippen LogP contribution is 2.36. The summed E-state index contributed by atoms with van der Waals surface area (Å²) in [6, 6.07) is 12.0. The third-order valence-corrected chi connectivity index (χ3v) is 6.67. The van der Waals surface area contributed by atoms with Crippen LogP contribution in [0, 0.1) is 12.7 Å². The maximum atomic E-state index is 13.7. The quantitative estimate of drug-likeness (QED) is 0.434. The number of imidazole rings is 1. The average molecular weight is 488 g/mol. The van der Waals surface area contributed by atoms with E-state index in [4.69, 9.17) is 9.73 Å². The summed E-state index contributed by atoms with van der Waals surface area (Å²) in [6.45, 7) is 5.72. The molecular weight excluding hydrogens is 457 g/mol. The summed E-state index contributed by atoms with van der Waals surface area (Å²) < 4.78 is 21.1. The Morgan fingerprint density at radius 2 is 2.00 bits per heavy atom. The van der Waals surface area contributed by atoms with Gasteiger partial charge in [-0.05, 0) is 61.2 Å². The summed E-state index contributed by atoms with van der Waals surface area (Å²) in [4.78, 5) is 26.7. The Bertz CT molecular complexity index is 1330. The van der Waals surface area contributed by atoms with Gasteiger partial charge >= 0.3 is 0 Å². The van der Waals surface area contributed by atoms with Crippen LogP contribution in [0.2, 0.25) is 0 Å². The third-order valence-electron chi connectivity index (χ3n) is 6.67. The number of fused-ring (bicyclic) bond motifs is 1. The molecule has 0 unspecified atom stereocenters. The van der Waals surface area contributed by atoms with Gasteiger partial charge < -0.3 is 14.2 Å². The van der Waals surface area contributed by atoms with Crippen LogP contribution in [0.4, 0.5) is 4.39 Å². The molecule has 8 heteroatoms. The minimum Gasteiger partial charge on any atom is -0.495 e. The second-order valence-corrected chi connectivity index (χ2v) is 9.17. The number of carbonyl (C=O) groups is 1. The number of amides is 1. The Kier molecular flexibility index (Phi) is 6.59. The minimum absolute atomic E-state index is 0.145. The van der Waals surface area contributed by atoms with Crippen LogP contribution in [0.5, 0.6) is 5.75 Å². The molecule has 0 spiro atoms. The highest BCUT2D eigenvalue weighted by molar-refractivity contribution is 6.14. The zero-order valence-electron chi connectivity index (χ0n) is 20.8. The number of hydrogen-bond donors (Lipinski definition) is 0.